The van der Waals surface area contributed by atoms with Crippen LogP contribution in [0, 0.1) is 23.7 Å². The molecule has 4 aromatic rings. The number of hydrogen-bond acceptors (Lipinski definition) is 5. The number of ketones is 2. The highest BCUT2D eigenvalue weighted by Gasteiger charge is 2.66. The van der Waals surface area contributed by atoms with Crippen molar-refractivity contribution in [2.75, 3.05) is 6.54 Å². The quantitative estimate of drug-likeness (QED) is 0.196. The Morgan fingerprint density at radius 2 is 1.51 bits per heavy atom. The zero-order valence-electron chi connectivity index (χ0n) is 26.1. The van der Waals surface area contributed by atoms with E-state index in [-0.39, 0.29) is 35.6 Å². The van der Waals surface area contributed by atoms with Crippen LogP contribution in [-0.4, -0.2) is 39.9 Å². The van der Waals surface area contributed by atoms with Gasteiger partial charge in [-0.05, 0) is 47.8 Å². The Hall–Kier alpha value is -5.10. The molecular weight excluding hydrogens is 586 g/mol. The summed E-state index contributed by atoms with van der Waals surface area (Å²) in [5.74, 6) is -3.80. The number of nitrogens with zero attached hydrogens (tertiary/aromatic N) is 1. The number of likely N-dealkylation sites (tertiary alicyclic amines) is 1. The molecule has 1 saturated carbocycles. The maximum atomic E-state index is 15.1. The lowest BCUT2D eigenvalue weighted by Crippen LogP contribution is -2.58. The highest BCUT2D eigenvalue weighted by molar-refractivity contribution is 6.31. The first kappa shape index (κ1) is 29.3. The molecule has 4 aromatic carbocycles. The first-order chi connectivity index (χ1) is 22.9. The van der Waals surface area contributed by atoms with Gasteiger partial charge in [0.25, 0.3) is 0 Å². The highest BCUT2D eigenvalue weighted by atomic mass is 16.3. The van der Waals surface area contributed by atoms with Gasteiger partial charge in [0.05, 0.1) is 17.3 Å². The van der Waals surface area contributed by atoms with Crippen LogP contribution in [0.15, 0.2) is 115 Å². The standard InChI is InChI=1S/C41H35NO5/c1-2-21-42-39(46)29-20-19-28-32(35(29)40(42)47)22-33-38(45)31(24-11-5-3-6-12-24)23-34(43)41(33,26-14-7-4-8-15-26)36(28)30-18-17-25-13-9-10-16-27(25)37(30)44/h3-19,23,29,32-33,35-36,44H,2,20-22H2,1H3. The maximum absolute atomic E-state index is 15.1. The minimum Gasteiger partial charge on any atom is -0.507 e. The molecule has 3 aliphatic carbocycles. The van der Waals surface area contributed by atoms with E-state index in [1.807, 2.05) is 110 Å². The average molecular weight is 622 g/mol. The van der Waals surface area contributed by atoms with Gasteiger partial charge in [-0.15, -0.1) is 0 Å². The Kier molecular flexibility index (Phi) is 6.87. The van der Waals surface area contributed by atoms with Crippen molar-refractivity contribution in [2.45, 2.75) is 37.5 Å². The van der Waals surface area contributed by atoms with E-state index in [4.69, 9.17) is 0 Å². The number of phenolic OH excluding ortho intramolecular Hbond substituents is 1. The van der Waals surface area contributed by atoms with Gasteiger partial charge in [0.2, 0.25) is 11.8 Å². The summed E-state index contributed by atoms with van der Waals surface area (Å²) in [7, 11) is 0. The number of rotatable bonds is 5. The molecule has 2 amide bonds. The number of fused-ring (bicyclic) bond motifs is 5. The second-order valence-electron chi connectivity index (χ2n) is 13.3. The largest absolute Gasteiger partial charge is 0.507 e. The molecule has 6 nitrogen and oxygen atoms in total. The van der Waals surface area contributed by atoms with Crippen molar-refractivity contribution in [1.82, 2.24) is 4.90 Å². The molecule has 1 N–H and O–H groups in total. The van der Waals surface area contributed by atoms with Crippen LogP contribution >= 0.6 is 0 Å². The van der Waals surface area contributed by atoms with Gasteiger partial charge in [0.15, 0.2) is 11.6 Å². The number of aromatic hydroxyl groups is 1. The SMILES string of the molecule is CCCN1C(=O)C2CC=C3C(CC4C(=O)C(c5ccccc5)=CC(=O)C4(c4ccccc4)C3c3ccc4ccccc4c3O)C2C1=O. The van der Waals surface area contributed by atoms with Crippen molar-refractivity contribution < 1.29 is 24.3 Å². The molecule has 47 heavy (non-hydrogen) atoms. The minimum absolute atomic E-state index is 0.0605. The lowest BCUT2D eigenvalue weighted by Gasteiger charge is -2.55. The van der Waals surface area contributed by atoms with Crippen molar-refractivity contribution in [1.29, 1.82) is 0 Å². The first-order valence-electron chi connectivity index (χ1n) is 16.5. The topological polar surface area (TPSA) is 91.8 Å². The van der Waals surface area contributed by atoms with Gasteiger partial charge in [-0.25, -0.2) is 0 Å². The molecular formula is C41H35NO5. The number of carbonyl (C=O) groups is 4. The summed E-state index contributed by atoms with van der Waals surface area (Å²) in [5, 5.41) is 13.6. The van der Waals surface area contributed by atoms with E-state index in [2.05, 4.69) is 0 Å². The van der Waals surface area contributed by atoms with Crippen molar-refractivity contribution in [3.63, 3.8) is 0 Å². The Labute approximate surface area is 273 Å². The number of carbonyl (C=O) groups excluding carboxylic acids is 4. The van der Waals surface area contributed by atoms with Gasteiger partial charge in [-0.1, -0.05) is 116 Å². The number of amides is 2. The highest BCUT2D eigenvalue weighted by Crippen LogP contribution is 2.64. The van der Waals surface area contributed by atoms with E-state index in [0.29, 0.717) is 47.0 Å². The van der Waals surface area contributed by atoms with Crippen molar-refractivity contribution in [2.24, 2.45) is 23.7 Å². The van der Waals surface area contributed by atoms with E-state index < -0.39 is 35.0 Å². The van der Waals surface area contributed by atoms with Crippen LogP contribution in [-0.2, 0) is 24.6 Å². The maximum Gasteiger partial charge on any atom is 0.233 e. The van der Waals surface area contributed by atoms with Crippen molar-refractivity contribution in [3.05, 3.63) is 131 Å². The second kappa shape index (κ2) is 11.0. The van der Waals surface area contributed by atoms with Gasteiger partial charge in [-0.3, -0.25) is 24.1 Å². The zero-order chi connectivity index (χ0) is 32.4. The predicted octanol–water partition coefficient (Wildman–Crippen LogP) is 6.78. The molecule has 1 heterocycles. The van der Waals surface area contributed by atoms with Crippen LogP contribution < -0.4 is 0 Å². The Bertz CT molecular complexity index is 2030. The van der Waals surface area contributed by atoms with E-state index in [9.17, 15) is 19.5 Å². The fraction of sp³-hybridized carbons (Fsp3) is 0.268. The van der Waals surface area contributed by atoms with E-state index in [0.717, 1.165) is 11.0 Å². The Morgan fingerprint density at radius 3 is 2.26 bits per heavy atom. The summed E-state index contributed by atoms with van der Waals surface area (Å²) < 4.78 is 0. The molecule has 8 rings (SSSR count). The molecule has 0 spiro atoms. The second-order valence-corrected chi connectivity index (χ2v) is 13.3. The summed E-state index contributed by atoms with van der Waals surface area (Å²) >= 11 is 0. The number of Topliss-reactive ketones (excluding diaryl/α,β-unsaturated/α-hetero) is 1. The molecule has 4 aliphatic rings. The van der Waals surface area contributed by atoms with Crippen LogP contribution in [0.25, 0.3) is 16.3 Å². The van der Waals surface area contributed by atoms with E-state index in [1.54, 1.807) is 0 Å². The third-order valence-electron chi connectivity index (χ3n) is 11.2. The minimum atomic E-state index is -1.37. The van der Waals surface area contributed by atoms with Crippen LogP contribution in [0.3, 0.4) is 0 Å². The fourth-order valence-electron chi connectivity index (χ4n) is 9.23. The monoisotopic (exact) mass is 621 g/mol. The summed E-state index contributed by atoms with van der Waals surface area (Å²) in [4.78, 5) is 59.2. The molecule has 0 bridgehead atoms. The van der Waals surface area contributed by atoms with Gasteiger partial charge < -0.3 is 5.11 Å². The molecule has 1 saturated heterocycles. The van der Waals surface area contributed by atoms with Crippen LogP contribution in [0.4, 0.5) is 0 Å². The van der Waals surface area contributed by atoms with Gasteiger partial charge in [-0.2, -0.15) is 0 Å². The molecule has 6 heteroatoms. The summed E-state index contributed by atoms with van der Waals surface area (Å²) in [5.41, 5.74) is 1.75. The predicted molar refractivity (Wildman–Crippen MR) is 179 cm³/mol. The molecule has 6 atom stereocenters. The van der Waals surface area contributed by atoms with Crippen molar-refractivity contribution in [3.8, 4) is 5.75 Å². The lowest BCUT2D eigenvalue weighted by molar-refractivity contribution is -0.140. The normalized spacial score (nSPS) is 28.4. The fourth-order valence-corrected chi connectivity index (χ4v) is 9.23. The molecule has 0 radical (unpaired) electrons. The first-order valence-corrected chi connectivity index (χ1v) is 16.5. The molecule has 0 aromatic heterocycles. The zero-order valence-corrected chi connectivity index (χ0v) is 26.1. The third kappa shape index (κ3) is 4.10. The summed E-state index contributed by atoms with van der Waals surface area (Å²) in [6.45, 7) is 2.31. The van der Waals surface area contributed by atoms with Crippen molar-refractivity contribution >= 4 is 39.7 Å². The van der Waals surface area contributed by atoms with Gasteiger partial charge >= 0.3 is 0 Å². The smallest absolute Gasteiger partial charge is 0.233 e. The van der Waals surface area contributed by atoms with Crippen LogP contribution in [0.2, 0.25) is 0 Å². The molecule has 234 valence electrons. The van der Waals surface area contributed by atoms with E-state index in [1.165, 1.54) is 11.0 Å². The summed E-state index contributed by atoms with van der Waals surface area (Å²) in [6, 6.07) is 30.1. The van der Waals surface area contributed by atoms with E-state index >= 15 is 4.79 Å². The number of hydrogen-bond donors (Lipinski definition) is 1. The summed E-state index contributed by atoms with van der Waals surface area (Å²) in [6.07, 6.45) is 4.83. The molecule has 1 aliphatic heterocycles. The molecule has 2 fully saturated rings. The van der Waals surface area contributed by atoms with Crippen LogP contribution in [0.5, 0.6) is 5.75 Å². The third-order valence-corrected chi connectivity index (χ3v) is 11.2. The lowest BCUT2D eigenvalue weighted by atomic mass is 9.44. The average Bonchev–Trinajstić information content (AvgIpc) is 3.35. The van der Waals surface area contributed by atoms with Gasteiger partial charge in [0.1, 0.15) is 5.75 Å². The number of benzene rings is 4. The number of imide groups is 1. The molecule has 6 unspecified atom stereocenters. The van der Waals surface area contributed by atoms with Crippen LogP contribution in [0.1, 0.15) is 48.8 Å². The number of allylic oxidation sites excluding steroid dienone is 4. The Morgan fingerprint density at radius 1 is 0.809 bits per heavy atom. The number of phenols is 1. The van der Waals surface area contributed by atoms with Gasteiger partial charge in [0, 0.05) is 34.9 Å². The Balaban J connectivity index is 1.42.